The molecule has 0 N–H and O–H groups in total. The maximum absolute atomic E-state index is 5.63. The quantitative estimate of drug-likeness (QED) is 0.156. The monoisotopic (exact) mass is 1150 g/mol. The van der Waals surface area contributed by atoms with Gasteiger partial charge in [0.1, 0.15) is 0 Å². The Labute approximate surface area is 523 Å². The van der Waals surface area contributed by atoms with Crippen LogP contribution in [0.4, 0.5) is 0 Å². The summed E-state index contributed by atoms with van der Waals surface area (Å²) in [6.45, 7) is 27.4. The smallest absolute Gasteiger partial charge is 0.252 e. The number of hydrogen-bond donors (Lipinski definition) is 0. The molecule has 0 spiro atoms. The molecular formula is C84H73BN4. The Hall–Kier alpha value is -9.58. The lowest BCUT2D eigenvalue weighted by molar-refractivity contribution is 0.590. The van der Waals surface area contributed by atoms with Crippen LogP contribution >= 0.6 is 0 Å². The predicted molar refractivity (Wildman–Crippen MR) is 380 cm³/mol. The van der Waals surface area contributed by atoms with E-state index in [-0.39, 0.29) is 28.4 Å². The van der Waals surface area contributed by atoms with Gasteiger partial charge in [-0.25, -0.2) is 9.97 Å². The van der Waals surface area contributed by atoms with Crippen molar-refractivity contribution in [2.45, 2.75) is 105 Å². The van der Waals surface area contributed by atoms with Crippen molar-refractivity contribution in [1.29, 1.82) is 0 Å². The molecule has 16 rings (SSSR count). The zero-order chi connectivity index (χ0) is 61.2. The molecule has 0 saturated carbocycles. The van der Waals surface area contributed by atoms with Crippen molar-refractivity contribution in [2.24, 2.45) is 0 Å². The number of hydrogen-bond acceptors (Lipinski definition) is 2. The summed E-state index contributed by atoms with van der Waals surface area (Å²) in [5.41, 5.74) is 29.9. The molecule has 0 radical (unpaired) electrons. The normalized spacial score (nSPS) is 13.1. The van der Waals surface area contributed by atoms with E-state index in [1.165, 1.54) is 127 Å². The number of nitrogens with zero attached hydrogens (tertiary/aromatic N) is 4. The summed E-state index contributed by atoms with van der Waals surface area (Å²) < 4.78 is 5.22. The summed E-state index contributed by atoms with van der Waals surface area (Å²) in [4.78, 5) is 11.1. The van der Waals surface area contributed by atoms with E-state index in [9.17, 15) is 0 Å². The van der Waals surface area contributed by atoms with E-state index in [0.717, 1.165) is 39.1 Å². The van der Waals surface area contributed by atoms with E-state index in [1.807, 2.05) is 0 Å². The van der Waals surface area contributed by atoms with Crippen LogP contribution in [0.1, 0.15) is 105 Å². The summed E-state index contributed by atoms with van der Waals surface area (Å²) in [5.74, 6) is 0.695. The number of benzene rings is 11. The third-order valence-corrected chi connectivity index (χ3v) is 19.6. The van der Waals surface area contributed by atoms with Gasteiger partial charge in [0, 0.05) is 60.5 Å². The third kappa shape index (κ3) is 8.86. The Morgan fingerprint density at radius 3 is 1.08 bits per heavy atom. The van der Waals surface area contributed by atoms with E-state index >= 15 is 0 Å². The number of para-hydroxylation sites is 1. The molecule has 0 fully saturated rings. The summed E-state index contributed by atoms with van der Waals surface area (Å²) in [5, 5.41) is 5.96. The summed E-state index contributed by atoms with van der Waals surface area (Å²) in [6, 6.07) is 85.6. The van der Waals surface area contributed by atoms with Crippen molar-refractivity contribution in [3.05, 3.63) is 247 Å². The van der Waals surface area contributed by atoms with Crippen LogP contribution in [-0.4, -0.2) is 25.8 Å². The van der Waals surface area contributed by atoms with Gasteiger partial charge >= 0.3 is 0 Å². The lowest BCUT2D eigenvalue weighted by atomic mass is 9.34. The zero-order valence-corrected chi connectivity index (χ0v) is 53.2. The number of rotatable bonds is 6. The highest BCUT2D eigenvalue weighted by Crippen LogP contribution is 2.45. The molecule has 14 aromatic rings. The minimum Gasteiger partial charge on any atom is -0.310 e. The van der Waals surface area contributed by atoms with Crippen LogP contribution in [0.2, 0.25) is 0 Å². The highest BCUT2D eigenvalue weighted by Gasteiger charge is 2.42. The summed E-state index contributed by atoms with van der Waals surface area (Å²) in [7, 11) is 0. The van der Waals surface area contributed by atoms with E-state index in [1.54, 1.807) is 0 Å². The molecule has 0 aliphatic carbocycles. The molecule has 0 atom stereocenters. The highest BCUT2D eigenvalue weighted by atomic mass is 15.0. The molecule has 5 heteroatoms. The number of fused-ring (bicyclic) bond motifs is 11. The SMILES string of the molecule is CC(C)(C)c1ccc(-c2ccc3c(c2)c2cc(-c4ccc(C(C)(C)C)cc4)cc4c2n3-c2cc(-c3nc(-c5ccccc5)c5ccccc5n3)cc3c2B4c2cc(-c4ccc(C(C)(C)C)cc4)cc4c5cc(-c6ccc(C(C)(C)C)cc6)ccc5n-3c24)cc1. The average molecular weight is 1150 g/mol. The molecule has 4 nitrogen and oxygen atoms in total. The topological polar surface area (TPSA) is 35.6 Å². The van der Waals surface area contributed by atoms with E-state index < -0.39 is 0 Å². The second-order valence-corrected chi connectivity index (χ2v) is 29.5. The van der Waals surface area contributed by atoms with Crippen molar-refractivity contribution in [3.8, 4) is 78.5 Å². The maximum atomic E-state index is 5.63. The number of aromatic nitrogens is 4. The van der Waals surface area contributed by atoms with Gasteiger partial charge in [-0.3, -0.25) is 0 Å². The van der Waals surface area contributed by atoms with Gasteiger partial charge in [-0.05, 0) is 159 Å². The van der Waals surface area contributed by atoms with E-state index in [4.69, 9.17) is 9.97 Å². The fourth-order valence-corrected chi connectivity index (χ4v) is 14.6. The molecule has 0 saturated heterocycles. The largest absolute Gasteiger partial charge is 0.310 e. The van der Waals surface area contributed by atoms with Crippen molar-refractivity contribution in [3.63, 3.8) is 0 Å². The zero-order valence-electron chi connectivity index (χ0n) is 53.2. The second kappa shape index (κ2) is 19.5. The van der Waals surface area contributed by atoms with Crippen molar-refractivity contribution < 1.29 is 0 Å². The maximum Gasteiger partial charge on any atom is 0.252 e. The molecule has 0 unspecified atom stereocenters. The Morgan fingerprint density at radius 2 is 0.663 bits per heavy atom. The molecule has 11 aromatic carbocycles. The van der Waals surface area contributed by atoms with Gasteiger partial charge in [0.2, 0.25) is 0 Å². The van der Waals surface area contributed by atoms with Gasteiger partial charge in [-0.15, -0.1) is 0 Å². The van der Waals surface area contributed by atoms with Gasteiger partial charge < -0.3 is 9.13 Å². The van der Waals surface area contributed by atoms with Crippen LogP contribution in [0.5, 0.6) is 0 Å². The van der Waals surface area contributed by atoms with Crippen molar-refractivity contribution in [1.82, 2.24) is 19.1 Å². The van der Waals surface area contributed by atoms with Gasteiger partial charge in [-0.1, -0.05) is 253 Å². The molecule has 3 aromatic heterocycles. The van der Waals surface area contributed by atoms with Crippen molar-refractivity contribution >= 4 is 77.6 Å². The minimum atomic E-state index is -0.151. The highest BCUT2D eigenvalue weighted by molar-refractivity contribution is 7.00. The Bertz CT molecular complexity index is 4960. The van der Waals surface area contributed by atoms with Gasteiger partial charge in [-0.2, -0.15) is 0 Å². The van der Waals surface area contributed by atoms with Crippen LogP contribution in [0.3, 0.4) is 0 Å². The third-order valence-electron chi connectivity index (χ3n) is 19.6. The first-order valence-electron chi connectivity index (χ1n) is 31.8. The summed E-state index contributed by atoms with van der Waals surface area (Å²) >= 11 is 0. The van der Waals surface area contributed by atoms with Crippen molar-refractivity contribution in [2.75, 3.05) is 0 Å². The summed E-state index contributed by atoms with van der Waals surface area (Å²) in [6.07, 6.45) is 0. The minimum absolute atomic E-state index is 0.0189. The van der Waals surface area contributed by atoms with Crippen LogP contribution in [0.25, 0.3) is 133 Å². The van der Waals surface area contributed by atoms with Gasteiger partial charge in [0.25, 0.3) is 6.71 Å². The molecule has 2 aliphatic heterocycles. The Balaban J connectivity index is 1.04. The first kappa shape index (κ1) is 54.8. The molecular weight excluding hydrogens is 1080 g/mol. The van der Waals surface area contributed by atoms with Gasteiger partial charge in [0.15, 0.2) is 5.82 Å². The first-order chi connectivity index (χ1) is 42.6. The fourth-order valence-electron chi connectivity index (χ4n) is 14.6. The molecule has 0 bridgehead atoms. The first-order valence-corrected chi connectivity index (χ1v) is 31.8. The lowest BCUT2D eigenvalue weighted by Crippen LogP contribution is -2.59. The fraction of sp³-hybridized carbons (Fsp3) is 0.190. The molecule has 0 amide bonds. The second-order valence-electron chi connectivity index (χ2n) is 29.5. The molecule has 89 heavy (non-hydrogen) atoms. The Kier molecular flexibility index (Phi) is 12.0. The molecule has 5 heterocycles. The molecule has 432 valence electrons. The van der Waals surface area contributed by atoms with Gasteiger partial charge in [0.05, 0.1) is 22.2 Å². The van der Waals surface area contributed by atoms with Crippen LogP contribution in [0, 0.1) is 0 Å². The van der Waals surface area contributed by atoms with Crippen LogP contribution in [0.15, 0.2) is 224 Å². The van der Waals surface area contributed by atoms with Crippen LogP contribution in [-0.2, 0) is 21.7 Å². The predicted octanol–water partition coefficient (Wildman–Crippen LogP) is 20.2. The molecule has 2 aliphatic rings. The Morgan fingerprint density at radius 1 is 0.292 bits per heavy atom. The lowest BCUT2D eigenvalue weighted by Gasteiger charge is -2.34. The average Bonchev–Trinajstić information content (AvgIpc) is 1.61. The standard InChI is InChI=1S/C84H73BN4/c1-81(2,3)60-32-22-50(23-33-60)55-30-40-72-65(42-55)67-44-57(52-26-36-62(37-27-52)83(7,8)9)46-69-78(67)88(72)74-48-59(80-86-71-21-17-16-20-64(71)77(87-80)54-18-14-13-15-19-54)49-75-76(74)85(69)70-47-58(53-28-38-63(39-29-53)84(10,11)12)45-68-66-43-56(31-41-73(66)89(75)79(68)70)51-24-34-61(35-25-51)82(4,5)6/h13-49H,1-12H3. The van der Waals surface area contributed by atoms with Crippen LogP contribution < -0.4 is 16.4 Å². The van der Waals surface area contributed by atoms with E-state index in [0.29, 0.717) is 5.82 Å². The van der Waals surface area contributed by atoms with E-state index in [2.05, 4.69) is 317 Å².